The van der Waals surface area contributed by atoms with Crippen molar-refractivity contribution in [2.45, 2.75) is 32.4 Å². The molecule has 0 radical (unpaired) electrons. The van der Waals surface area contributed by atoms with Gasteiger partial charge in [0.25, 0.3) is 0 Å². The Kier molecular flexibility index (Phi) is 3.97. The lowest BCUT2D eigenvalue weighted by atomic mass is 9.89. The molecule has 0 aliphatic carbocycles. The third-order valence-corrected chi connectivity index (χ3v) is 2.72. The molecule has 2 N–H and O–H groups in total. The maximum absolute atomic E-state index is 12.8. The maximum atomic E-state index is 12.8. The summed E-state index contributed by atoms with van der Waals surface area (Å²) in [5.74, 6) is -0.164. The Morgan fingerprint density at radius 2 is 1.94 bits per heavy atom. The average molecular weight is 231 g/mol. The first-order valence-corrected chi connectivity index (χ1v) is 5.24. The van der Waals surface area contributed by atoms with Gasteiger partial charge in [-0.25, -0.2) is 0 Å². The summed E-state index contributed by atoms with van der Waals surface area (Å²) in [5, 5.41) is 0. The minimum absolute atomic E-state index is 0.164. The third-order valence-electron chi connectivity index (χ3n) is 2.72. The van der Waals surface area contributed by atoms with Crippen LogP contribution >= 0.6 is 0 Å². The van der Waals surface area contributed by atoms with Crippen LogP contribution in [-0.2, 0) is 6.18 Å². The molecule has 0 heterocycles. The second kappa shape index (κ2) is 4.87. The zero-order valence-corrected chi connectivity index (χ0v) is 9.43. The van der Waals surface area contributed by atoms with E-state index in [9.17, 15) is 13.2 Å². The van der Waals surface area contributed by atoms with Gasteiger partial charge in [0.2, 0.25) is 0 Å². The molecule has 0 saturated carbocycles. The number of nitrogens with two attached hydrogens (primary N) is 1. The summed E-state index contributed by atoms with van der Waals surface area (Å²) in [4.78, 5) is 0. The molecule has 1 unspecified atom stereocenters. The fourth-order valence-electron chi connectivity index (χ4n) is 1.98. The summed E-state index contributed by atoms with van der Waals surface area (Å²) in [7, 11) is 0. The van der Waals surface area contributed by atoms with E-state index in [0.717, 1.165) is 6.07 Å². The highest BCUT2D eigenvalue weighted by Gasteiger charge is 2.34. The first-order valence-electron chi connectivity index (χ1n) is 5.24. The first kappa shape index (κ1) is 13.0. The van der Waals surface area contributed by atoms with Crippen molar-refractivity contribution < 1.29 is 13.2 Å². The van der Waals surface area contributed by atoms with Crippen molar-refractivity contribution in [3.05, 3.63) is 34.9 Å². The number of alkyl halides is 3. The summed E-state index contributed by atoms with van der Waals surface area (Å²) in [6.45, 7) is 3.88. The van der Waals surface area contributed by atoms with Gasteiger partial charge in [0.05, 0.1) is 5.56 Å². The number of halogens is 3. The van der Waals surface area contributed by atoms with Crippen LogP contribution in [-0.4, -0.2) is 6.54 Å². The van der Waals surface area contributed by atoms with E-state index in [0.29, 0.717) is 24.1 Å². The van der Waals surface area contributed by atoms with Gasteiger partial charge in [-0.15, -0.1) is 0 Å². The van der Waals surface area contributed by atoms with E-state index in [1.165, 1.54) is 6.07 Å². The van der Waals surface area contributed by atoms with Gasteiger partial charge in [-0.05, 0) is 43.0 Å². The zero-order chi connectivity index (χ0) is 12.3. The van der Waals surface area contributed by atoms with E-state index in [1.807, 2.05) is 0 Å². The van der Waals surface area contributed by atoms with Crippen LogP contribution in [0.3, 0.4) is 0 Å². The molecule has 1 nitrogen and oxygen atoms in total. The molecule has 1 aromatic rings. The van der Waals surface area contributed by atoms with Crippen molar-refractivity contribution in [3.63, 3.8) is 0 Å². The highest BCUT2D eigenvalue weighted by molar-refractivity contribution is 5.38. The lowest BCUT2D eigenvalue weighted by molar-refractivity contribution is -0.138. The Morgan fingerprint density at radius 3 is 2.44 bits per heavy atom. The van der Waals surface area contributed by atoms with Crippen molar-refractivity contribution in [2.75, 3.05) is 6.54 Å². The smallest absolute Gasteiger partial charge is 0.330 e. The molecular formula is C12H16F3N. The highest BCUT2D eigenvalue weighted by Crippen LogP contribution is 2.37. The topological polar surface area (TPSA) is 26.0 Å². The Labute approximate surface area is 93.5 Å². The molecule has 1 aromatic carbocycles. The van der Waals surface area contributed by atoms with E-state index in [2.05, 4.69) is 0 Å². The number of aryl methyl sites for hydroxylation is 1. The largest absolute Gasteiger partial charge is 0.416 e. The third kappa shape index (κ3) is 2.76. The quantitative estimate of drug-likeness (QED) is 0.847. The van der Waals surface area contributed by atoms with E-state index < -0.39 is 11.7 Å². The molecule has 0 aromatic heterocycles. The van der Waals surface area contributed by atoms with Gasteiger partial charge in [-0.2, -0.15) is 13.2 Å². The molecular weight excluding hydrogens is 215 g/mol. The molecule has 0 bridgehead atoms. The van der Waals surface area contributed by atoms with E-state index in [-0.39, 0.29) is 5.92 Å². The minimum atomic E-state index is -4.29. The van der Waals surface area contributed by atoms with E-state index in [1.54, 1.807) is 19.9 Å². The lowest BCUT2D eigenvalue weighted by Crippen LogP contribution is -2.14. The summed E-state index contributed by atoms with van der Waals surface area (Å²) in [5.41, 5.74) is 5.91. The van der Waals surface area contributed by atoms with Crippen LogP contribution in [0.2, 0.25) is 0 Å². The van der Waals surface area contributed by atoms with Gasteiger partial charge in [0, 0.05) is 0 Å². The molecule has 0 aliphatic heterocycles. The molecule has 0 spiro atoms. The molecule has 0 amide bonds. The second-order valence-corrected chi connectivity index (χ2v) is 4.01. The lowest BCUT2D eigenvalue weighted by Gasteiger charge is -2.20. The van der Waals surface area contributed by atoms with Gasteiger partial charge >= 0.3 is 6.18 Å². The summed E-state index contributed by atoms with van der Waals surface area (Å²) < 4.78 is 38.4. The minimum Gasteiger partial charge on any atom is -0.330 e. The van der Waals surface area contributed by atoms with Crippen LogP contribution in [0.15, 0.2) is 18.2 Å². The van der Waals surface area contributed by atoms with Crippen molar-refractivity contribution in [1.82, 2.24) is 0 Å². The Balaban J connectivity index is 3.24. The van der Waals surface area contributed by atoms with Gasteiger partial charge in [-0.1, -0.05) is 19.1 Å². The molecule has 90 valence electrons. The Bertz CT molecular complexity index is 358. The SMILES string of the molecule is Cc1cccc(C(F)(F)F)c1C(C)CCN. The number of hydrogen-bond donors (Lipinski definition) is 1. The molecule has 1 rings (SSSR count). The Morgan fingerprint density at radius 1 is 1.31 bits per heavy atom. The van der Waals surface area contributed by atoms with Crippen LogP contribution < -0.4 is 5.73 Å². The molecule has 0 aliphatic rings. The fourth-order valence-corrected chi connectivity index (χ4v) is 1.98. The van der Waals surface area contributed by atoms with Crippen molar-refractivity contribution >= 4 is 0 Å². The monoisotopic (exact) mass is 231 g/mol. The van der Waals surface area contributed by atoms with Crippen LogP contribution in [0.4, 0.5) is 13.2 Å². The predicted octanol–water partition coefficient (Wildman–Crippen LogP) is 3.47. The van der Waals surface area contributed by atoms with Gasteiger partial charge < -0.3 is 5.73 Å². The maximum Gasteiger partial charge on any atom is 0.416 e. The molecule has 1 atom stereocenters. The van der Waals surface area contributed by atoms with Gasteiger partial charge in [0.15, 0.2) is 0 Å². The number of rotatable bonds is 3. The van der Waals surface area contributed by atoms with E-state index >= 15 is 0 Å². The molecule has 0 saturated heterocycles. The molecule has 4 heteroatoms. The van der Waals surface area contributed by atoms with Crippen LogP contribution in [0.25, 0.3) is 0 Å². The second-order valence-electron chi connectivity index (χ2n) is 4.01. The summed E-state index contributed by atoms with van der Waals surface area (Å²) in [6, 6.07) is 4.28. The van der Waals surface area contributed by atoms with Crippen molar-refractivity contribution in [3.8, 4) is 0 Å². The van der Waals surface area contributed by atoms with Crippen LogP contribution in [0.1, 0.15) is 36.0 Å². The van der Waals surface area contributed by atoms with Crippen molar-refractivity contribution in [2.24, 2.45) is 5.73 Å². The van der Waals surface area contributed by atoms with E-state index in [4.69, 9.17) is 5.73 Å². The fraction of sp³-hybridized carbons (Fsp3) is 0.500. The summed E-state index contributed by atoms with van der Waals surface area (Å²) in [6.07, 6.45) is -3.72. The zero-order valence-electron chi connectivity index (χ0n) is 9.43. The first-order chi connectivity index (χ1) is 7.38. The molecule has 16 heavy (non-hydrogen) atoms. The van der Waals surface area contributed by atoms with Gasteiger partial charge in [-0.3, -0.25) is 0 Å². The Hall–Kier alpha value is -1.03. The standard InChI is InChI=1S/C12H16F3N/c1-8-4-3-5-10(12(13,14)15)11(8)9(2)6-7-16/h3-5,9H,6-7,16H2,1-2H3. The molecule has 0 fully saturated rings. The normalized spacial score (nSPS) is 13.9. The highest BCUT2D eigenvalue weighted by atomic mass is 19.4. The predicted molar refractivity (Wildman–Crippen MR) is 58.3 cm³/mol. The van der Waals surface area contributed by atoms with Crippen LogP contribution in [0.5, 0.6) is 0 Å². The number of benzene rings is 1. The van der Waals surface area contributed by atoms with Gasteiger partial charge in [0.1, 0.15) is 0 Å². The van der Waals surface area contributed by atoms with Crippen molar-refractivity contribution in [1.29, 1.82) is 0 Å². The summed E-state index contributed by atoms with van der Waals surface area (Å²) >= 11 is 0. The average Bonchev–Trinajstić information content (AvgIpc) is 2.16. The van der Waals surface area contributed by atoms with Crippen LogP contribution in [0, 0.1) is 6.92 Å². The number of hydrogen-bond acceptors (Lipinski definition) is 1.